The molecule has 0 aliphatic carbocycles. The third kappa shape index (κ3) is 4.24. The van der Waals surface area contributed by atoms with E-state index in [1.807, 2.05) is 6.92 Å². The van der Waals surface area contributed by atoms with E-state index in [2.05, 4.69) is 22.0 Å². The Labute approximate surface area is 150 Å². The van der Waals surface area contributed by atoms with E-state index in [4.69, 9.17) is 12.2 Å². The van der Waals surface area contributed by atoms with Crippen LogP contribution < -0.4 is 5.32 Å². The lowest BCUT2D eigenvalue weighted by atomic mass is 10.2. The minimum Gasteiger partial charge on any atom is -0.346 e. The number of nitrogens with one attached hydrogen (secondary N) is 1. The highest BCUT2D eigenvalue weighted by Gasteiger charge is 2.20. The number of benzene rings is 1. The molecule has 1 N–H and O–H groups in total. The maximum absolute atomic E-state index is 12.3. The third-order valence-electron chi connectivity index (χ3n) is 4.34. The Morgan fingerprint density at radius 1 is 1.25 bits per heavy atom. The van der Waals surface area contributed by atoms with Crippen LogP contribution in [-0.2, 0) is 10.0 Å². The van der Waals surface area contributed by atoms with Crippen molar-refractivity contribution in [1.29, 1.82) is 0 Å². The fourth-order valence-electron chi connectivity index (χ4n) is 2.57. The molecule has 0 amide bonds. The molecule has 0 atom stereocenters. The van der Waals surface area contributed by atoms with Crippen molar-refractivity contribution in [3.8, 4) is 0 Å². The molecule has 134 valence electrons. The lowest BCUT2D eigenvalue weighted by Crippen LogP contribution is -2.49. The predicted molar refractivity (Wildman–Crippen MR) is 102 cm³/mol. The first-order chi connectivity index (χ1) is 11.3. The number of hydrogen-bond donors (Lipinski definition) is 1. The van der Waals surface area contributed by atoms with Crippen molar-refractivity contribution in [3.63, 3.8) is 0 Å². The zero-order chi connectivity index (χ0) is 17.9. The Kier molecular flexibility index (Phi) is 6.19. The lowest BCUT2D eigenvalue weighted by Gasteiger charge is -2.35. The zero-order valence-corrected chi connectivity index (χ0v) is 16.4. The number of aryl methyl sites for hydroxylation is 1. The van der Waals surface area contributed by atoms with E-state index >= 15 is 0 Å². The highest BCUT2D eigenvalue weighted by Crippen LogP contribution is 2.22. The van der Waals surface area contributed by atoms with Crippen LogP contribution in [0.15, 0.2) is 23.1 Å². The average molecular weight is 371 g/mol. The number of sulfonamides is 1. The zero-order valence-electron chi connectivity index (χ0n) is 14.7. The molecule has 0 unspecified atom stereocenters. The van der Waals surface area contributed by atoms with Gasteiger partial charge in [-0.15, -0.1) is 0 Å². The Morgan fingerprint density at radius 3 is 2.42 bits per heavy atom. The fourth-order valence-corrected chi connectivity index (χ4v) is 3.79. The van der Waals surface area contributed by atoms with Gasteiger partial charge in [-0.05, 0) is 43.4 Å². The third-order valence-corrected chi connectivity index (χ3v) is 6.51. The molecule has 1 fully saturated rings. The molecule has 0 bridgehead atoms. The van der Waals surface area contributed by atoms with Gasteiger partial charge in [0, 0.05) is 46.0 Å². The van der Waals surface area contributed by atoms with Gasteiger partial charge in [0.25, 0.3) is 0 Å². The number of likely N-dealkylation sites (N-methyl/N-ethyl adjacent to an activating group) is 1. The van der Waals surface area contributed by atoms with Gasteiger partial charge in [0.1, 0.15) is 0 Å². The minimum absolute atomic E-state index is 0.263. The van der Waals surface area contributed by atoms with Gasteiger partial charge < -0.3 is 15.1 Å². The molecule has 1 aromatic rings. The van der Waals surface area contributed by atoms with Crippen LogP contribution in [-0.4, -0.2) is 74.5 Å². The molecule has 1 aliphatic rings. The van der Waals surface area contributed by atoms with E-state index in [-0.39, 0.29) is 4.90 Å². The highest BCUT2D eigenvalue weighted by atomic mass is 32.2. The van der Waals surface area contributed by atoms with Gasteiger partial charge in [-0.25, -0.2) is 12.7 Å². The lowest BCUT2D eigenvalue weighted by molar-refractivity contribution is 0.191. The molecular weight excluding hydrogens is 344 g/mol. The number of rotatable bonds is 4. The van der Waals surface area contributed by atoms with Gasteiger partial charge >= 0.3 is 0 Å². The summed E-state index contributed by atoms with van der Waals surface area (Å²) >= 11 is 5.52. The van der Waals surface area contributed by atoms with Crippen molar-refractivity contribution >= 4 is 33.0 Å². The van der Waals surface area contributed by atoms with Gasteiger partial charge in [0.15, 0.2) is 5.11 Å². The summed E-state index contributed by atoms with van der Waals surface area (Å²) in [5.74, 6) is 0. The Bertz CT molecular complexity index is 696. The summed E-state index contributed by atoms with van der Waals surface area (Å²) in [5.41, 5.74) is 1.70. The second-order valence-corrected chi connectivity index (χ2v) is 8.65. The molecule has 0 spiro atoms. The van der Waals surface area contributed by atoms with Gasteiger partial charge in [0.05, 0.1) is 4.90 Å². The molecule has 8 heteroatoms. The normalized spacial score (nSPS) is 16.5. The minimum atomic E-state index is -3.46. The van der Waals surface area contributed by atoms with Crippen LogP contribution in [0.5, 0.6) is 0 Å². The fraction of sp³-hybridized carbons (Fsp3) is 0.562. The molecule has 1 saturated heterocycles. The summed E-state index contributed by atoms with van der Waals surface area (Å²) < 4.78 is 25.8. The second kappa shape index (κ2) is 7.77. The van der Waals surface area contributed by atoms with E-state index < -0.39 is 10.0 Å². The Morgan fingerprint density at radius 2 is 1.88 bits per heavy atom. The standard InChI is InChI=1S/C16H26N4O2S2/c1-5-19-8-10-20(11-9-19)16(23)17-15-12-14(7-6-13(15)2)24(21,22)18(3)4/h6-7,12H,5,8-11H2,1-4H3,(H,17,23). The van der Waals surface area contributed by atoms with Crippen molar-refractivity contribution in [2.45, 2.75) is 18.7 Å². The molecular formula is C16H26N4O2S2. The number of anilines is 1. The first-order valence-corrected chi connectivity index (χ1v) is 9.92. The van der Waals surface area contributed by atoms with Gasteiger partial charge in [-0.1, -0.05) is 13.0 Å². The largest absolute Gasteiger partial charge is 0.346 e. The summed E-state index contributed by atoms with van der Waals surface area (Å²) in [7, 11) is -0.402. The Balaban J connectivity index is 2.14. The highest BCUT2D eigenvalue weighted by molar-refractivity contribution is 7.89. The molecule has 0 radical (unpaired) electrons. The van der Waals surface area contributed by atoms with Crippen LogP contribution in [0.2, 0.25) is 0 Å². The van der Waals surface area contributed by atoms with Crippen molar-refractivity contribution in [2.75, 3.05) is 52.1 Å². The summed E-state index contributed by atoms with van der Waals surface area (Å²) in [6.07, 6.45) is 0. The summed E-state index contributed by atoms with van der Waals surface area (Å²) in [6.45, 7) is 8.90. The van der Waals surface area contributed by atoms with E-state index in [0.29, 0.717) is 5.11 Å². The van der Waals surface area contributed by atoms with Gasteiger partial charge in [-0.3, -0.25) is 0 Å². The molecule has 1 heterocycles. The quantitative estimate of drug-likeness (QED) is 0.812. The van der Waals surface area contributed by atoms with Crippen molar-refractivity contribution in [2.24, 2.45) is 0 Å². The monoisotopic (exact) mass is 370 g/mol. The maximum atomic E-state index is 12.3. The molecule has 1 aliphatic heterocycles. The summed E-state index contributed by atoms with van der Waals surface area (Å²) in [4.78, 5) is 4.78. The predicted octanol–water partition coefficient (Wildman–Crippen LogP) is 1.58. The summed E-state index contributed by atoms with van der Waals surface area (Å²) in [6, 6.07) is 5.08. The van der Waals surface area contributed by atoms with Crippen molar-refractivity contribution in [1.82, 2.24) is 14.1 Å². The molecule has 2 rings (SSSR count). The number of nitrogens with zero attached hydrogens (tertiary/aromatic N) is 3. The number of piperazine rings is 1. The second-order valence-electron chi connectivity index (χ2n) is 6.12. The average Bonchev–Trinajstić information content (AvgIpc) is 2.56. The molecule has 24 heavy (non-hydrogen) atoms. The number of hydrogen-bond acceptors (Lipinski definition) is 4. The van der Waals surface area contributed by atoms with Crippen LogP contribution in [0.3, 0.4) is 0 Å². The van der Waals surface area contributed by atoms with Crippen molar-refractivity contribution in [3.05, 3.63) is 23.8 Å². The molecule has 0 aromatic heterocycles. The molecule has 1 aromatic carbocycles. The van der Waals surface area contributed by atoms with Gasteiger partial charge in [-0.2, -0.15) is 0 Å². The smallest absolute Gasteiger partial charge is 0.242 e. The van der Waals surface area contributed by atoms with E-state index in [9.17, 15) is 8.42 Å². The Hall–Kier alpha value is -1.22. The van der Waals surface area contributed by atoms with Crippen molar-refractivity contribution < 1.29 is 8.42 Å². The first-order valence-electron chi connectivity index (χ1n) is 8.07. The van der Waals surface area contributed by atoms with E-state index in [0.717, 1.165) is 44.0 Å². The SMILES string of the molecule is CCN1CCN(C(=S)Nc2cc(S(=O)(=O)N(C)C)ccc2C)CC1. The number of thiocarbonyl (C=S) groups is 1. The van der Waals surface area contributed by atoms with Crippen LogP contribution in [0.4, 0.5) is 5.69 Å². The van der Waals surface area contributed by atoms with Crippen LogP contribution in [0.25, 0.3) is 0 Å². The topological polar surface area (TPSA) is 55.9 Å². The first kappa shape index (κ1) is 19.1. The molecule has 0 saturated carbocycles. The molecule has 6 nitrogen and oxygen atoms in total. The van der Waals surface area contributed by atoms with Gasteiger partial charge in [0.2, 0.25) is 10.0 Å². The van der Waals surface area contributed by atoms with Crippen LogP contribution in [0, 0.1) is 6.92 Å². The van der Waals surface area contributed by atoms with E-state index in [1.54, 1.807) is 18.2 Å². The summed E-state index contributed by atoms with van der Waals surface area (Å²) in [5, 5.41) is 3.87. The maximum Gasteiger partial charge on any atom is 0.242 e. The van der Waals surface area contributed by atoms with Crippen LogP contribution >= 0.6 is 12.2 Å². The van der Waals surface area contributed by atoms with Crippen LogP contribution in [0.1, 0.15) is 12.5 Å². The van der Waals surface area contributed by atoms with E-state index in [1.165, 1.54) is 18.4 Å².